The lowest BCUT2D eigenvalue weighted by atomic mass is 10.2. The molecule has 0 amide bonds. The molecule has 5 rings (SSSR count). The molecule has 0 aliphatic rings. The molecule has 0 radical (unpaired) electrons. The molecule has 0 saturated heterocycles. The Balaban J connectivity index is 1.70. The second kappa shape index (κ2) is 7.75. The predicted octanol–water partition coefficient (Wildman–Crippen LogP) is 3.59. The number of nitrogens with one attached hydrogen (secondary N) is 2. The van der Waals surface area contributed by atoms with E-state index in [0.717, 1.165) is 6.26 Å². The number of nitrogens with zero attached hydrogens (tertiary/aromatic N) is 4. The minimum Gasteiger partial charge on any atom is -0.361 e. The molecular weight excluding hydrogens is 464 g/mol. The van der Waals surface area contributed by atoms with Gasteiger partial charge in [-0.2, -0.15) is 0 Å². The predicted molar refractivity (Wildman–Crippen MR) is 127 cm³/mol. The minimum atomic E-state index is -3.52. The van der Waals surface area contributed by atoms with Crippen LogP contribution in [0.5, 0.6) is 0 Å². The highest BCUT2D eigenvalue weighted by molar-refractivity contribution is 7.91. The van der Waals surface area contributed by atoms with E-state index in [1.54, 1.807) is 21.2 Å². The van der Waals surface area contributed by atoms with Crippen LogP contribution in [0.4, 0.5) is 5.82 Å². The second-order valence-corrected chi connectivity index (χ2v) is 10.1. The van der Waals surface area contributed by atoms with Gasteiger partial charge < -0.3 is 14.7 Å². The SMILES string of the molecule is CC(Nc1ncnc2[nH]cc(S(C)(=O)=O)c12)c1cn2ccc(Cl)c2c(=O)n1-c1ccccc1. The molecule has 5 aromatic rings. The molecule has 11 heteroatoms. The third-order valence-corrected chi connectivity index (χ3v) is 6.87. The van der Waals surface area contributed by atoms with Crippen LogP contribution in [-0.2, 0) is 9.84 Å². The summed E-state index contributed by atoms with van der Waals surface area (Å²) in [6.07, 6.45) is 7.42. The summed E-state index contributed by atoms with van der Waals surface area (Å²) in [6, 6.07) is 10.5. The first-order chi connectivity index (χ1) is 15.8. The first-order valence-electron chi connectivity index (χ1n) is 10.0. The van der Waals surface area contributed by atoms with E-state index in [2.05, 4.69) is 20.3 Å². The van der Waals surface area contributed by atoms with Gasteiger partial charge in [0.15, 0.2) is 9.84 Å². The summed E-state index contributed by atoms with van der Waals surface area (Å²) in [5, 5.41) is 3.99. The number of para-hydroxylation sites is 1. The lowest BCUT2D eigenvalue weighted by Gasteiger charge is -2.21. The third kappa shape index (κ3) is 3.57. The maximum absolute atomic E-state index is 13.5. The molecule has 168 valence electrons. The Morgan fingerprint density at radius 2 is 1.91 bits per heavy atom. The summed E-state index contributed by atoms with van der Waals surface area (Å²) in [7, 11) is -3.52. The van der Waals surface area contributed by atoms with Gasteiger partial charge in [-0.25, -0.2) is 18.4 Å². The van der Waals surface area contributed by atoms with Gasteiger partial charge in [0, 0.05) is 30.5 Å². The van der Waals surface area contributed by atoms with Gasteiger partial charge in [-0.3, -0.25) is 9.36 Å². The Kier molecular flexibility index (Phi) is 4.98. The Bertz CT molecular complexity index is 1670. The van der Waals surface area contributed by atoms with E-state index in [4.69, 9.17) is 11.6 Å². The number of aromatic amines is 1. The Hall–Kier alpha value is -3.63. The second-order valence-electron chi connectivity index (χ2n) is 7.69. The van der Waals surface area contributed by atoms with Crippen LogP contribution < -0.4 is 10.9 Å². The molecule has 4 aromatic heterocycles. The lowest BCUT2D eigenvalue weighted by molar-refractivity contribution is 0.602. The van der Waals surface area contributed by atoms with Crippen molar-refractivity contribution in [2.75, 3.05) is 11.6 Å². The number of H-pyrrole nitrogens is 1. The van der Waals surface area contributed by atoms with Crippen molar-refractivity contribution >= 4 is 43.8 Å². The highest BCUT2D eigenvalue weighted by Gasteiger charge is 2.22. The first-order valence-corrected chi connectivity index (χ1v) is 12.3. The van der Waals surface area contributed by atoms with Crippen molar-refractivity contribution in [1.82, 2.24) is 23.9 Å². The van der Waals surface area contributed by atoms with Crippen molar-refractivity contribution in [2.45, 2.75) is 17.9 Å². The van der Waals surface area contributed by atoms with Crippen LogP contribution in [0.3, 0.4) is 0 Å². The number of sulfone groups is 1. The number of benzene rings is 1. The monoisotopic (exact) mass is 482 g/mol. The molecule has 0 aliphatic heterocycles. The molecule has 0 bridgehead atoms. The molecule has 1 aromatic carbocycles. The number of rotatable bonds is 5. The zero-order chi connectivity index (χ0) is 23.3. The summed E-state index contributed by atoms with van der Waals surface area (Å²) in [5.41, 5.74) is 1.80. The molecule has 1 atom stereocenters. The van der Waals surface area contributed by atoms with Gasteiger partial charge in [0.05, 0.1) is 27.0 Å². The quantitative estimate of drug-likeness (QED) is 0.395. The Morgan fingerprint density at radius 1 is 1.15 bits per heavy atom. The maximum Gasteiger partial charge on any atom is 0.281 e. The zero-order valence-electron chi connectivity index (χ0n) is 17.7. The minimum absolute atomic E-state index is 0.0980. The van der Waals surface area contributed by atoms with E-state index < -0.39 is 15.9 Å². The van der Waals surface area contributed by atoms with E-state index >= 15 is 0 Å². The average Bonchev–Trinajstić information content (AvgIpc) is 3.39. The highest BCUT2D eigenvalue weighted by atomic mass is 35.5. The van der Waals surface area contributed by atoms with Crippen molar-refractivity contribution in [3.8, 4) is 5.69 Å². The van der Waals surface area contributed by atoms with Gasteiger partial charge in [0.1, 0.15) is 23.3 Å². The number of hydrogen-bond acceptors (Lipinski definition) is 6. The Labute approximate surface area is 193 Å². The molecule has 0 fully saturated rings. The largest absolute Gasteiger partial charge is 0.361 e. The normalized spacial score (nSPS) is 12.9. The van der Waals surface area contributed by atoms with Gasteiger partial charge in [-0.15, -0.1) is 0 Å². The summed E-state index contributed by atoms with van der Waals surface area (Å²) in [4.78, 5) is 24.9. The van der Waals surface area contributed by atoms with Gasteiger partial charge in [0.2, 0.25) is 0 Å². The number of aromatic nitrogens is 5. The van der Waals surface area contributed by atoms with Gasteiger partial charge in [-0.1, -0.05) is 29.8 Å². The molecule has 0 aliphatic carbocycles. The molecule has 0 saturated carbocycles. The van der Waals surface area contributed by atoms with Crippen molar-refractivity contribution in [2.24, 2.45) is 0 Å². The highest BCUT2D eigenvalue weighted by Crippen LogP contribution is 2.30. The van der Waals surface area contributed by atoms with E-state index in [1.807, 2.05) is 43.5 Å². The number of halogens is 1. The Morgan fingerprint density at radius 3 is 2.64 bits per heavy atom. The van der Waals surface area contributed by atoms with Gasteiger partial charge >= 0.3 is 0 Å². The first kappa shape index (κ1) is 21.2. The van der Waals surface area contributed by atoms with Crippen LogP contribution >= 0.6 is 11.6 Å². The topological polar surface area (TPSA) is 114 Å². The third-order valence-electron chi connectivity index (χ3n) is 5.45. The lowest BCUT2D eigenvalue weighted by Crippen LogP contribution is -2.27. The zero-order valence-corrected chi connectivity index (χ0v) is 19.2. The van der Waals surface area contributed by atoms with Gasteiger partial charge in [0.25, 0.3) is 5.56 Å². The van der Waals surface area contributed by atoms with Crippen molar-refractivity contribution in [3.63, 3.8) is 0 Å². The molecule has 2 N–H and O–H groups in total. The number of anilines is 1. The van der Waals surface area contributed by atoms with Gasteiger partial charge in [-0.05, 0) is 25.1 Å². The number of hydrogen-bond donors (Lipinski definition) is 2. The summed E-state index contributed by atoms with van der Waals surface area (Å²) >= 11 is 6.28. The summed E-state index contributed by atoms with van der Waals surface area (Å²) < 4.78 is 27.8. The molecule has 9 nitrogen and oxygen atoms in total. The fraction of sp³-hybridized carbons (Fsp3) is 0.136. The van der Waals surface area contributed by atoms with Crippen molar-refractivity contribution < 1.29 is 8.42 Å². The van der Waals surface area contributed by atoms with E-state index in [0.29, 0.717) is 38.8 Å². The van der Waals surface area contributed by atoms with Crippen LogP contribution in [0, 0.1) is 0 Å². The fourth-order valence-electron chi connectivity index (χ4n) is 3.93. The van der Waals surface area contributed by atoms with Crippen LogP contribution in [0.15, 0.2) is 71.0 Å². The molecular formula is C22H19ClN6O3S. The molecule has 0 spiro atoms. The van der Waals surface area contributed by atoms with Crippen molar-refractivity contribution in [1.29, 1.82) is 0 Å². The number of fused-ring (bicyclic) bond motifs is 2. The van der Waals surface area contributed by atoms with E-state index in [-0.39, 0.29) is 10.5 Å². The van der Waals surface area contributed by atoms with Crippen LogP contribution in [0.2, 0.25) is 5.02 Å². The van der Waals surface area contributed by atoms with Crippen LogP contribution in [-0.4, -0.2) is 38.6 Å². The maximum atomic E-state index is 13.5. The summed E-state index contributed by atoms with van der Waals surface area (Å²) in [6.45, 7) is 1.87. The standard InChI is InChI=1S/C22H19ClN6O3S/c1-13(27-21-18-17(33(2,31)32)10-24-20(18)25-12-26-21)16-11-28-9-8-15(23)19(28)22(30)29(16)14-6-4-3-5-7-14/h3-13H,1-2H3,(H2,24,25,26,27). The van der Waals surface area contributed by atoms with E-state index in [9.17, 15) is 13.2 Å². The smallest absolute Gasteiger partial charge is 0.281 e. The average molecular weight is 483 g/mol. The van der Waals surface area contributed by atoms with Crippen LogP contribution in [0.25, 0.3) is 22.2 Å². The summed E-state index contributed by atoms with van der Waals surface area (Å²) in [5.74, 6) is 0.340. The van der Waals surface area contributed by atoms with E-state index in [1.165, 1.54) is 12.5 Å². The van der Waals surface area contributed by atoms with Crippen LogP contribution in [0.1, 0.15) is 18.7 Å². The fourth-order valence-corrected chi connectivity index (χ4v) is 5.00. The molecule has 33 heavy (non-hydrogen) atoms. The molecule has 1 unspecified atom stereocenters. The van der Waals surface area contributed by atoms with Crippen molar-refractivity contribution in [3.05, 3.63) is 82.4 Å². The molecule has 4 heterocycles.